The Hall–Kier alpha value is -1.55. The van der Waals surface area contributed by atoms with Gasteiger partial charge >= 0.3 is 0 Å². The van der Waals surface area contributed by atoms with Gasteiger partial charge < -0.3 is 5.21 Å². The highest BCUT2D eigenvalue weighted by Crippen LogP contribution is 2.10. The molecule has 0 amide bonds. The molecule has 2 heterocycles. The van der Waals surface area contributed by atoms with Crippen molar-refractivity contribution in [1.29, 1.82) is 0 Å². The van der Waals surface area contributed by atoms with Gasteiger partial charge in [-0.25, -0.2) is 4.57 Å². The van der Waals surface area contributed by atoms with Crippen LogP contribution in [0.1, 0.15) is 5.56 Å². The van der Waals surface area contributed by atoms with Gasteiger partial charge in [-0.15, -0.1) is 11.8 Å². The highest BCUT2D eigenvalue weighted by molar-refractivity contribution is 7.98. The number of aromatic nitrogens is 2. The molecule has 0 aromatic carbocycles. The SMILES string of the molecule is CSc1cc[n+](Cc2cc[n+]([O-])cc2)cc1. The van der Waals surface area contributed by atoms with Crippen molar-refractivity contribution in [2.45, 2.75) is 11.4 Å². The van der Waals surface area contributed by atoms with Crippen LogP contribution in [0, 0.1) is 5.21 Å². The van der Waals surface area contributed by atoms with Gasteiger partial charge in [-0.05, 0) is 6.26 Å². The molecule has 82 valence electrons. The highest BCUT2D eigenvalue weighted by Gasteiger charge is 2.03. The van der Waals surface area contributed by atoms with E-state index < -0.39 is 0 Å². The molecule has 0 aliphatic heterocycles. The minimum Gasteiger partial charge on any atom is -0.619 e. The summed E-state index contributed by atoms with van der Waals surface area (Å²) in [5.74, 6) is 0. The smallest absolute Gasteiger partial charge is 0.180 e. The molecule has 0 radical (unpaired) electrons. The average Bonchev–Trinajstić information content (AvgIpc) is 2.33. The van der Waals surface area contributed by atoms with Crippen LogP contribution < -0.4 is 9.30 Å². The lowest BCUT2D eigenvalue weighted by Gasteiger charge is -1.99. The Morgan fingerprint density at radius 1 is 1.06 bits per heavy atom. The van der Waals surface area contributed by atoms with Crippen LogP contribution >= 0.6 is 11.8 Å². The lowest BCUT2D eigenvalue weighted by molar-refractivity contribution is -0.689. The lowest BCUT2D eigenvalue weighted by atomic mass is 10.2. The Labute approximate surface area is 98.9 Å². The van der Waals surface area contributed by atoms with Crippen molar-refractivity contribution in [3.8, 4) is 0 Å². The molecule has 0 atom stereocenters. The van der Waals surface area contributed by atoms with Gasteiger partial charge in [0.25, 0.3) is 0 Å². The first-order valence-corrected chi connectivity index (χ1v) is 6.21. The molecule has 16 heavy (non-hydrogen) atoms. The van der Waals surface area contributed by atoms with Crippen molar-refractivity contribution < 1.29 is 9.30 Å². The Morgan fingerprint density at radius 2 is 1.69 bits per heavy atom. The number of nitrogens with zero attached hydrogens (tertiary/aromatic N) is 2. The quantitative estimate of drug-likeness (QED) is 0.455. The van der Waals surface area contributed by atoms with Gasteiger partial charge in [-0.3, -0.25) is 0 Å². The molecule has 0 aliphatic rings. The second-order valence-electron chi connectivity index (χ2n) is 3.48. The highest BCUT2D eigenvalue weighted by atomic mass is 32.2. The van der Waals surface area contributed by atoms with Crippen LogP contribution in [-0.2, 0) is 6.54 Å². The molecule has 4 heteroatoms. The van der Waals surface area contributed by atoms with E-state index in [9.17, 15) is 5.21 Å². The molecule has 0 saturated heterocycles. The fourth-order valence-electron chi connectivity index (χ4n) is 1.45. The monoisotopic (exact) mass is 233 g/mol. The fraction of sp³-hybridized carbons (Fsp3) is 0.167. The molecule has 2 rings (SSSR count). The van der Waals surface area contributed by atoms with Gasteiger partial charge in [-0.1, -0.05) is 0 Å². The summed E-state index contributed by atoms with van der Waals surface area (Å²) in [5.41, 5.74) is 1.12. The molecule has 0 bridgehead atoms. The minimum atomic E-state index is 0.787. The standard InChI is InChI=1S/C12H13N2OS/c1-16-12-4-6-13(7-5-12)10-11-2-8-14(15)9-3-11/h2-9H,10H2,1H3/q+1. The van der Waals surface area contributed by atoms with E-state index in [-0.39, 0.29) is 0 Å². The van der Waals surface area contributed by atoms with Gasteiger partial charge in [-0.2, -0.15) is 4.73 Å². The zero-order valence-corrected chi connectivity index (χ0v) is 9.85. The zero-order valence-electron chi connectivity index (χ0n) is 9.04. The fourth-order valence-corrected chi connectivity index (χ4v) is 1.84. The summed E-state index contributed by atoms with van der Waals surface area (Å²) in [7, 11) is 0. The van der Waals surface area contributed by atoms with Crippen LogP contribution in [-0.4, -0.2) is 6.26 Å². The molecule has 0 saturated carbocycles. The van der Waals surface area contributed by atoms with Gasteiger partial charge in [0.1, 0.15) is 0 Å². The second kappa shape index (κ2) is 4.99. The van der Waals surface area contributed by atoms with E-state index in [0.717, 1.165) is 16.8 Å². The van der Waals surface area contributed by atoms with Crippen LogP contribution in [0.5, 0.6) is 0 Å². The van der Waals surface area contributed by atoms with Crippen molar-refractivity contribution in [2.24, 2.45) is 0 Å². The van der Waals surface area contributed by atoms with Crippen molar-refractivity contribution in [1.82, 2.24) is 0 Å². The zero-order chi connectivity index (χ0) is 11.4. The third-order valence-corrected chi connectivity index (χ3v) is 3.08. The van der Waals surface area contributed by atoms with Gasteiger partial charge in [0, 0.05) is 34.7 Å². The maximum absolute atomic E-state index is 10.9. The summed E-state index contributed by atoms with van der Waals surface area (Å²) in [5, 5.41) is 10.9. The molecule has 0 unspecified atom stereocenters. The van der Waals surface area contributed by atoms with E-state index in [1.165, 1.54) is 17.3 Å². The summed E-state index contributed by atoms with van der Waals surface area (Å²) in [6, 6.07) is 7.84. The molecule has 0 fully saturated rings. The van der Waals surface area contributed by atoms with E-state index in [0.29, 0.717) is 0 Å². The molecule has 0 N–H and O–H groups in total. The maximum atomic E-state index is 10.9. The Balaban J connectivity index is 2.11. The average molecular weight is 233 g/mol. The van der Waals surface area contributed by atoms with Crippen LogP contribution in [0.4, 0.5) is 0 Å². The van der Waals surface area contributed by atoms with Crippen LogP contribution in [0.25, 0.3) is 0 Å². The second-order valence-corrected chi connectivity index (χ2v) is 4.36. The third-order valence-electron chi connectivity index (χ3n) is 2.33. The summed E-state index contributed by atoms with van der Waals surface area (Å²) >= 11 is 1.73. The van der Waals surface area contributed by atoms with Crippen molar-refractivity contribution in [3.05, 3.63) is 59.8 Å². The first-order chi connectivity index (χ1) is 7.78. The third kappa shape index (κ3) is 2.73. The van der Waals surface area contributed by atoms with Crippen LogP contribution in [0.3, 0.4) is 0 Å². The molecule has 0 aliphatic carbocycles. The topological polar surface area (TPSA) is 30.8 Å². The largest absolute Gasteiger partial charge is 0.619 e. The van der Waals surface area contributed by atoms with Crippen LogP contribution in [0.15, 0.2) is 53.9 Å². The number of pyridine rings is 2. The molecular weight excluding hydrogens is 220 g/mol. The predicted molar refractivity (Wildman–Crippen MR) is 62.9 cm³/mol. The van der Waals surface area contributed by atoms with Crippen molar-refractivity contribution in [3.63, 3.8) is 0 Å². The Bertz CT molecular complexity index is 453. The van der Waals surface area contributed by atoms with Crippen molar-refractivity contribution in [2.75, 3.05) is 6.26 Å². The van der Waals surface area contributed by atoms with Crippen LogP contribution in [0.2, 0.25) is 0 Å². The molecule has 2 aromatic rings. The molecule has 3 nitrogen and oxygen atoms in total. The van der Waals surface area contributed by atoms with Crippen molar-refractivity contribution >= 4 is 11.8 Å². The minimum absolute atomic E-state index is 0.787. The van der Waals surface area contributed by atoms with E-state index in [1.807, 2.05) is 24.5 Å². The van der Waals surface area contributed by atoms with E-state index >= 15 is 0 Å². The van der Waals surface area contributed by atoms with E-state index in [4.69, 9.17) is 0 Å². The van der Waals surface area contributed by atoms with E-state index in [1.54, 1.807) is 11.8 Å². The first-order valence-electron chi connectivity index (χ1n) is 4.99. The van der Waals surface area contributed by atoms with Gasteiger partial charge in [0.2, 0.25) is 0 Å². The predicted octanol–water partition coefficient (Wildman–Crippen LogP) is 1.38. The Kier molecular flexibility index (Phi) is 3.41. The normalized spacial score (nSPS) is 10.3. The summed E-state index contributed by atoms with van der Waals surface area (Å²) in [4.78, 5) is 1.25. The summed E-state index contributed by atoms with van der Waals surface area (Å²) < 4.78 is 2.88. The molecule has 0 spiro atoms. The van der Waals surface area contributed by atoms with E-state index in [2.05, 4.69) is 23.0 Å². The first kappa shape index (κ1) is 11.0. The number of rotatable bonds is 3. The Morgan fingerprint density at radius 3 is 2.25 bits per heavy atom. The number of hydrogen-bond donors (Lipinski definition) is 0. The molecule has 2 aromatic heterocycles. The summed E-state index contributed by atoms with van der Waals surface area (Å²) in [6.45, 7) is 0.787. The van der Waals surface area contributed by atoms with Gasteiger partial charge in [0.05, 0.1) is 0 Å². The van der Waals surface area contributed by atoms with Gasteiger partial charge in [0.15, 0.2) is 31.3 Å². The summed E-state index contributed by atoms with van der Waals surface area (Å²) in [6.07, 6.45) is 9.19. The maximum Gasteiger partial charge on any atom is 0.180 e. The number of hydrogen-bond acceptors (Lipinski definition) is 2. The number of thioether (sulfide) groups is 1. The lowest BCUT2D eigenvalue weighted by Crippen LogP contribution is -2.33. The molecular formula is C12H13N2OS+.